The maximum Gasteiger partial charge on any atom is 0.219 e. The summed E-state index contributed by atoms with van der Waals surface area (Å²) in [6.07, 6.45) is 1.71. The highest BCUT2D eigenvalue weighted by atomic mass is 79.9. The van der Waals surface area contributed by atoms with Crippen molar-refractivity contribution in [1.82, 2.24) is 4.98 Å². The van der Waals surface area contributed by atoms with Crippen LogP contribution in [-0.2, 0) is 0 Å². The van der Waals surface area contributed by atoms with Gasteiger partial charge in [0.15, 0.2) is 5.75 Å². The van der Waals surface area contributed by atoms with Gasteiger partial charge in [0.05, 0.1) is 5.69 Å². The molecule has 0 amide bonds. The van der Waals surface area contributed by atoms with Gasteiger partial charge in [0.1, 0.15) is 0 Å². The van der Waals surface area contributed by atoms with Gasteiger partial charge in [0, 0.05) is 21.2 Å². The average molecular weight is 358 g/mol. The Hall–Kier alpha value is -1.07. The van der Waals surface area contributed by atoms with E-state index in [4.69, 9.17) is 10.5 Å². The van der Waals surface area contributed by atoms with Crippen molar-refractivity contribution in [2.75, 3.05) is 5.73 Å². The summed E-state index contributed by atoms with van der Waals surface area (Å²) in [7, 11) is 0. The standard InChI is InChI=1S/C12H10Br2N2O/c1-7-4-12(16-6-9(7)14)17-11-3-2-8(13)5-10(11)15/h2-6H,15H2,1H3. The van der Waals surface area contributed by atoms with E-state index in [1.807, 2.05) is 19.1 Å². The number of ether oxygens (including phenoxy) is 1. The molecule has 0 atom stereocenters. The Labute approximate surface area is 116 Å². The third-order valence-corrected chi connectivity index (χ3v) is 3.53. The first-order valence-electron chi connectivity index (χ1n) is 4.91. The number of nitrogen functional groups attached to an aromatic ring is 1. The molecular weight excluding hydrogens is 348 g/mol. The van der Waals surface area contributed by atoms with E-state index in [1.165, 1.54) is 0 Å². The quantitative estimate of drug-likeness (QED) is 0.815. The predicted octanol–water partition coefficient (Wildman–Crippen LogP) is 4.29. The molecule has 0 bridgehead atoms. The number of halogens is 2. The van der Waals surface area contributed by atoms with Gasteiger partial charge in [-0.05, 0) is 46.6 Å². The van der Waals surface area contributed by atoms with Crippen LogP contribution in [0.1, 0.15) is 5.56 Å². The normalized spacial score (nSPS) is 10.3. The van der Waals surface area contributed by atoms with Crippen molar-refractivity contribution >= 4 is 37.5 Å². The molecule has 0 fully saturated rings. The lowest BCUT2D eigenvalue weighted by molar-refractivity contribution is 0.464. The molecule has 1 aromatic heterocycles. The van der Waals surface area contributed by atoms with Crippen LogP contribution in [-0.4, -0.2) is 4.98 Å². The molecular formula is C12H10Br2N2O. The molecule has 1 heterocycles. The molecule has 2 rings (SSSR count). The molecule has 2 aromatic rings. The summed E-state index contributed by atoms with van der Waals surface area (Å²) in [6, 6.07) is 7.32. The molecule has 5 heteroatoms. The highest BCUT2D eigenvalue weighted by Gasteiger charge is 2.05. The number of nitrogens with zero attached hydrogens (tertiary/aromatic N) is 1. The van der Waals surface area contributed by atoms with E-state index in [0.29, 0.717) is 17.3 Å². The zero-order valence-electron chi connectivity index (χ0n) is 9.08. The van der Waals surface area contributed by atoms with Crippen LogP contribution >= 0.6 is 31.9 Å². The number of hydrogen-bond acceptors (Lipinski definition) is 3. The lowest BCUT2D eigenvalue weighted by Gasteiger charge is -2.08. The Morgan fingerprint density at radius 2 is 2.00 bits per heavy atom. The monoisotopic (exact) mass is 356 g/mol. The van der Waals surface area contributed by atoms with Crippen LogP contribution in [0.4, 0.5) is 5.69 Å². The molecule has 0 aliphatic carbocycles. The van der Waals surface area contributed by atoms with Crippen molar-refractivity contribution < 1.29 is 4.74 Å². The maximum absolute atomic E-state index is 5.85. The summed E-state index contributed by atoms with van der Waals surface area (Å²) < 4.78 is 7.49. The fourth-order valence-corrected chi connectivity index (χ4v) is 1.89. The Kier molecular flexibility index (Phi) is 3.69. The van der Waals surface area contributed by atoms with Crippen molar-refractivity contribution in [2.45, 2.75) is 6.92 Å². The van der Waals surface area contributed by atoms with Gasteiger partial charge < -0.3 is 10.5 Å². The van der Waals surface area contributed by atoms with Crippen LogP contribution in [0.15, 0.2) is 39.4 Å². The third-order valence-electron chi connectivity index (χ3n) is 2.21. The molecule has 0 saturated carbocycles. The van der Waals surface area contributed by atoms with Crippen LogP contribution in [0.3, 0.4) is 0 Å². The van der Waals surface area contributed by atoms with Crippen LogP contribution < -0.4 is 10.5 Å². The van der Waals surface area contributed by atoms with Gasteiger partial charge >= 0.3 is 0 Å². The summed E-state index contributed by atoms with van der Waals surface area (Å²) in [6.45, 7) is 1.98. The van der Waals surface area contributed by atoms with E-state index >= 15 is 0 Å². The Morgan fingerprint density at radius 1 is 1.24 bits per heavy atom. The molecule has 2 N–H and O–H groups in total. The molecule has 3 nitrogen and oxygen atoms in total. The number of hydrogen-bond donors (Lipinski definition) is 1. The van der Waals surface area contributed by atoms with Crippen molar-refractivity contribution in [3.63, 3.8) is 0 Å². The predicted molar refractivity (Wildman–Crippen MR) is 75.3 cm³/mol. The first-order chi connectivity index (χ1) is 8.06. The van der Waals surface area contributed by atoms with Gasteiger partial charge in [0.2, 0.25) is 5.88 Å². The topological polar surface area (TPSA) is 48.1 Å². The van der Waals surface area contributed by atoms with E-state index < -0.39 is 0 Å². The maximum atomic E-state index is 5.85. The lowest BCUT2D eigenvalue weighted by atomic mass is 10.3. The molecule has 0 saturated heterocycles. The highest BCUT2D eigenvalue weighted by Crippen LogP contribution is 2.30. The fraction of sp³-hybridized carbons (Fsp3) is 0.0833. The Balaban J connectivity index is 2.28. The largest absolute Gasteiger partial charge is 0.437 e. The smallest absolute Gasteiger partial charge is 0.219 e. The van der Waals surface area contributed by atoms with Gasteiger partial charge in [-0.15, -0.1) is 0 Å². The van der Waals surface area contributed by atoms with Crippen LogP contribution in [0.2, 0.25) is 0 Å². The van der Waals surface area contributed by atoms with Crippen LogP contribution in [0.5, 0.6) is 11.6 Å². The zero-order chi connectivity index (χ0) is 12.4. The van der Waals surface area contributed by atoms with E-state index in [9.17, 15) is 0 Å². The van der Waals surface area contributed by atoms with Gasteiger partial charge in [-0.2, -0.15) is 0 Å². The molecule has 17 heavy (non-hydrogen) atoms. The number of pyridine rings is 1. The number of benzene rings is 1. The van der Waals surface area contributed by atoms with Gasteiger partial charge in [-0.1, -0.05) is 15.9 Å². The number of aromatic nitrogens is 1. The van der Waals surface area contributed by atoms with E-state index in [1.54, 1.807) is 18.3 Å². The average Bonchev–Trinajstić information content (AvgIpc) is 2.27. The second kappa shape index (κ2) is 5.06. The second-order valence-corrected chi connectivity index (χ2v) is 5.33. The summed E-state index contributed by atoms with van der Waals surface area (Å²) in [5.41, 5.74) is 7.48. The van der Waals surface area contributed by atoms with Crippen molar-refractivity contribution in [3.8, 4) is 11.6 Å². The minimum absolute atomic E-state index is 0.528. The van der Waals surface area contributed by atoms with Crippen molar-refractivity contribution in [1.29, 1.82) is 0 Å². The summed E-state index contributed by atoms with van der Waals surface area (Å²) in [4.78, 5) is 4.16. The second-order valence-electron chi connectivity index (χ2n) is 3.56. The van der Waals surface area contributed by atoms with Gasteiger partial charge in [0.25, 0.3) is 0 Å². The van der Waals surface area contributed by atoms with Crippen molar-refractivity contribution in [2.24, 2.45) is 0 Å². The van der Waals surface area contributed by atoms with Gasteiger partial charge in [-0.3, -0.25) is 0 Å². The van der Waals surface area contributed by atoms with Crippen LogP contribution in [0.25, 0.3) is 0 Å². The summed E-state index contributed by atoms with van der Waals surface area (Å²) in [5, 5.41) is 0. The Morgan fingerprint density at radius 3 is 2.65 bits per heavy atom. The van der Waals surface area contributed by atoms with Crippen molar-refractivity contribution in [3.05, 3.63) is 45.0 Å². The van der Waals surface area contributed by atoms with E-state index in [2.05, 4.69) is 36.8 Å². The van der Waals surface area contributed by atoms with E-state index in [-0.39, 0.29) is 0 Å². The summed E-state index contributed by atoms with van der Waals surface area (Å²) >= 11 is 6.74. The minimum Gasteiger partial charge on any atom is -0.437 e. The molecule has 0 aliphatic rings. The van der Waals surface area contributed by atoms with E-state index in [0.717, 1.165) is 14.5 Å². The molecule has 88 valence electrons. The molecule has 0 unspecified atom stereocenters. The number of nitrogens with two attached hydrogens (primary N) is 1. The fourth-order valence-electron chi connectivity index (χ4n) is 1.29. The molecule has 0 spiro atoms. The number of aryl methyl sites for hydroxylation is 1. The number of rotatable bonds is 2. The van der Waals surface area contributed by atoms with Gasteiger partial charge in [-0.25, -0.2) is 4.98 Å². The molecule has 1 aromatic carbocycles. The SMILES string of the molecule is Cc1cc(Oc2ccc(Br)cc2N)ncc1Br. The zero-order valence-corrected chi connectivity index (χ0v) is 12.2. The Bertz CT molecular complexity index is 558. The highest BCUT2D eigenvalue weighted by molar-refractivity contribution is 9.10. The minimum atomic E-state index is 0.528. The number of anilines is 1. The first-order valence-corrected chi connectivity index (χ1v) is 6.50. The summed E-state index contributed by atoms with van der Waals surface area (Å²) in [5.74, 6) is 1.13. The molecule has 0 aliphatic heterocycles. The third kappa shape index (κ3) is 2.98. The van der Waals surface area contributed by atoms with Crippen LogP contribution in [0, 0.1) is 6.92 Å². The lowest BCUT2D eigenvalue weighted by Crippen LogP contribution is -1.94. The first kappa shape index (κ1) is 12.4. The molecule has 0 radical (unpaired) electrons.